The highest BCUT2D eigenvalue weighted by molar-refractivity contribution is 5.49. The quantitative estimate of drug-likeness (QED) is 0.726. The molecule has 88 valence electrons. The van der Waals surface area contributed by atoms with Crippen molar-refractivity contribution >= 4 is 11.5 Å². The van der Waals surface area contributed by atoms with E-state index in [0.717, 1.165) is 37.2 Å². The van der Waals surface area contributed by atoms with Crippen LogP contribution in [0.2, 0.25) is 0 Å². The number of aliphatic hydroxyl groups is 1. The van der Waals surface area contributed by atoms with Crippen LogP contribution in [0.1, 0.15) is 31.4 Å². The molecule has 0 amide bonds. The zero-order valence-electron chi connectivity index (χ0n) is 9.66. The molecule has 1 aliphatic carbocycles. The summed E-state index contributed by atoms with van der Waals surface area (Å²) in [5, 5.41) is 13.3. The molecule has 1 fully saturated rings. The lowest BCUT2D eigenvalue weighted by Crippen LogP contribution is -2.33. The number of nitrogens with zero attached hydrogens (tertiary/aromatic N) is 1. The second-order valence-electron chi connectivity index (χ2n) is 4.66. The van der Waals surface area contributed by atoms with Crippen molar-refractivity contribution in [1.82, 2.24) is 4.98 Å². The summed E-state index contributed by atoms with van der Waals surface area (Å²) >= 11 is 0. The van der Waals surface area contributed by atoms with E-state index in [1.54, 1.807) is 0 Å². The molecule has 1 heterocycles. The minimum atomic E-state index is -0.545. The fourth-order valence-electron chi connectivity index (χ4n) is 2.14. The predicted molar refractivity (Wildman–Crippen MR) is 65.3 cm³/mol. The lowest BCUT2D eigenvalue weighted by molar-refractivity contribution is 0.0614. The Morgan fingerprint density at radius 2 is 2.12 bits per heavy atom. The number of nitrogens with two attached hydrogens (primary N) is 1. The maximum absolute atomic E-state index is 10.2. The minimum Gasteiger partial charge on any atom is -0.397 e. The van der Waals surface area contributed by atoms with Gasteiger partial charge in [-0.05, 0) is 31.9 Å². The molecule has 0 saturated heterocycles. The summed E-state index contributed by atoms with van der Waals surface area (Å²) in [4.78, 5) is 4.32. The van der Waals surface area contributed by atoms with Crippen LogP contribution in [0.15, 0.2) is 12.1 Å². The lowest BCUT2D eigenvalue weighted by atomic mass is 10.0. The zero-order chi connectivity index (χ0) is 11.6. The molecule has 2 rings (SSSR count). The summed E-state index contributed by atoms with van der Waals surface area (Å²) in [6.45, 7) is 2.45. The molecule has 1 aromatic heterocycles. The van der Waals surface area contributed by atoms with Gasteiger partial charge in [-0.2, -0.15) is 0 Å². The summed E-state index contributed by atoms with van der Waals surface area (Å²) in [5.41, 5.74) is 6.67. The van der Waals surface area contributed by atoms with Crippen molar-refractivity contribution in [1.29, 1.82) is 0 Å². The van der Waals surface area contributed by atoms with E-state index in [-0.39, 0.29) is 0 Å². The molecule has 0 bridgehead atoms. The average Bonchev–Trinajstić information content (AvgIpc) is 2.68. The fourth-order valence-corrected chi connectivity index (χ4v) is 2.14. The Bertz CT molecular complexity index is 373. The minimum absolute atomic E-state index is 0.545. The van der Waals surface area contributed by atoms with Gasteiger partial charge in [-0.25, -0.2) is 4.98 Å². The summed E-state index contributed by atoms with van der Waals surface area (Å²) in [7, 11) is 0. The van der Waals surface area contributed by atoms with Crippen LogP contribution >= 0.6 is 0 Å². The number of aromatic nitrogens is 1. The van der Waals surface area contributed by atoms with E-state index in [1.807, 2.05) is 19.1 Å². The largest absolute Gasteiger partial charge is 0.397 e. The zero-order valence-corrected chi connectivity index (χ0v) is 9.66. The average molecular weight is 221 g/mol. The van der Waals surface area contributed by atoms with Crippen LogP contribution < -0.4 is 11.1 Å². The molecule has 0 atom stereocenters. The van der Waals surface area contributed by atoms with E-state index in [2.05, 4.69) is 10.3 Å². The number of pyridine rings is 1. The molecule has 4 heteroatoms. The van der Waals surface area contributed by atoms with Gasteiger partial charge in [-0.1, -0.05) is 12.8 Å². The van der Waals surface area contributed by atoms with Gasteiger partial charge < -0.3 is 16.2 Å². The van der Waals surface area contributed by atoms with Crippen molar-refractivity contribution in [3.63, 3.8) is 0 Å². The number of nitrogens with one attached hydrogen (secondary N) is 1. The normalized spacial score (nSPS) is 18.6. The molecule has 4 N–H and O–H groups in total. The number of anilines is 2. The highest BCUT2D eigenvalue weighted by Crippen LogP contribution is 2.29. The summed E-state index contributed by atoms with van der Waals surface area (Å²) in [5.74, 6) is 0.784. The number of nitrogen functional groups attached to an aromatic ring is 1. The first-order valence-corrected chi connectivity index (χ1v) is 5.78. The third-order valence-electron chi connectivity index (χ3n) is 3.26. The molecule has 1 saturated carbocycles. The van der Waals surface area contributed by atoms with Crippen LogP contribution in [0.5, 0.6) is 0 Å². The molecule has 0 aromatic carbocycles. The monoisotopic (exact) mass is 221 g/mol. The van der Waals surface area contributed by atoms with Crippen molar-refractivity contribution in [2.24, 2.45) is 0 Å². The van der Waals surface area contributed by atoms with Crippen molar-refractivity contribution in [2.45, 2.75) is 38.2 Å². The number of hydrogen-bond donors (Lipinski definition) is 3. The third kappa shape index (κ3) is 2.44. The van der Waals surface area contributed by atoms with Gasteiger partial charge in [-0.3, -0.25) is 0 Å². The Morgan fingerprint density at radius 1 is 1.44 bits per heavy atom. The van der Waals surface area contributed by atoms with E-state index < -0.39 is 5.60 Å². The van der Waals surface area contributed by atoms with Crippen LogP contribution in [0.4, 0.5) is 11.5 Å². The lowest BCUT2D eigenvalue weighted by Gasteiger charge is -2.22. The number of hydrogen-bond acceptors (Lipinski definition) is 4. The summed E-state index contributed by atoms with van der Waals surface area (Å²) in [6.07, 6.45) is 4.00. The SMILES string of the molecule is Cc1nc(NCC2(O)CCCC2)ccc1N. The summed E-state index contributed by atoms with van der Waals surface area (Å²) < 4.78 is 0. The molecule has 1 aliphatic rings. The van der Waals surface area contributed by atoms with Crippen molar-refractivity contribution in [3.05, 3.63) is 17.8 Å². The molecular weight excluding hydrogens is 202 g/mol. The number of aryl methyl sites for hydroxylation is 1. The van der Waals surface area contributed by atoms with E-state index in [0.29, 0.717) is 12.2 Å². The van der Waals surface area contributed by atoms with Crippen LogP contribution in [0, 0.1) is 6.92 Å². The molecule has 0 aliphatic heterocycles. The fraction of sp³-hybridized carbons (Fsp3) is 0.583. The molecule has 0 unspecified atom stereocenters. The van der Waals surface area contributed by atoms with Crippen LogP contribution in [-0.4, -0.2) is 22.2 Å². The molecular formula is C12H19N3O. The van der Waals surface area contributed by atoms with Gasteiger partial charge in [0.25, 0.3) is 0 Å². The first kappa shape index (κ1) is 11.2. The number of rotatable bonds is 3. The highest BCUT2D eigenvalue weighted by atomic mass is 16.3. The van der Waals surface area contributed by atoms with Gasteiger partial charge in [-0.15, -0.1) is 0 Å². The second kappa shape index (κ2) is 4.29. The molecule has 16 heavy (non-hydrogen) atoms. The Kier molecular flexibility index (Phi) is 3.01. The Morgan fingerprint density at radius 3 is 2.75 bits per heavy atom. The van der Waals surface area contributed by atoms with Crippen molar-refractivity contribution in [3.8, 4) is 0 Å². The molecule has 4 nitrogen and oxygen atoms in total. The van der Waals surface area contributed by atoms with Gasteiger partial charge in [0.2, 0.25) is 0 Å². The topological polar surface area (TPSA) is 71.2 Å². The highest BCUT2D eigenvalue weighted by Gasteiger charge is 2.30. The van der Waals surface area contributed by atoms with Crippen molar-refractivity contribution < 1.29 is 5.11 Å². The first-order valence-electron chi connectivity index (χ1n) is 5.78. The molecule has 0 radical (unpaired) electrons. The van der Waals surface area contributed by atoms with Gasteiger partial charge in [0.05, 0.1) is 17.0 Å². The Balaban J connectivity index is 1.96. The Hall–Kier alpha value is -1.29. The van der Waals surface area contributed by atoms with Gasteiger partial charge >= 0.3 is 0 Å². The van der Waals surface area contributed by atoms with Crippen LogP contribution in [0.3, 0.4) is 0 Å². The predicted octanol–water partition coefficient (Wildman–Crippen LogP) is 1.69. The standard InChI is InChI=1S/C12H19N3O/c1-9-10(13)4-5-11(15-9)14-8-12(16)6-2-3-7-12/h4-5,16H,2-3,6-8,13H2,1H3,(H,14,15). The van der Waals surface area contributed by atoms with E-state index in [9.17, 15) is 5.11 Å². The smallest absolute Gasteiger partial charge is 0.126 e. The van der Waals surface area contributed by atoms with Crippen LogP contribution in [0.25, 0.3) is 0 Å². The van der Waals surface area contributed by atoms with Gasteiger partial charge in [0.1, 0.15) is 5.82 Å². The molecule has 0 spiro atoms. The summed E-state index contributed by atoms with van der Waals surface area (Å²) in [6, 6.07) is 3.68. The van der Waals surface area contributed by atoms with E-state index in [4.69, 9.17) is 5.73 Å². The first-order chi connectivity index (χ1) is 7.59. The maximum atomic E-state index is 10.2. The molecule has 1 aromatic rings. The van der Waals surface area contributed by atoms with Crippen molar-refractivity contribution in [2.75, 3.05) is 17.6 Å². The van der Waals surface area contributed by atoms with Gasteiger partial charge in [0, 0.05) is 6.54 Å². The van der Waals surface area contributed by atoms with Crippen LogP contribution in [-0.2, 0) is 0 Å². The van der Waals surface area contributed by atoms with E-state index >= 15 is 0 Å². The Labute approximate surface area is 95.9 Å². The van der Waals surface area contributed by atoms with Gasteiger partial charge in [0.15, 0.2) is 0 Å². The second-order valence-corrected chi connectivity index (χ2v) is 4.66. The maximum Gasteiger partial charge on any atom is 0.126 e. The third-order valence-corrected chi connectivity index (χ3v) is 3.26. The van der Waals surface area contributed by atoms with E-state index in [1.165, 1.54) is 0 Å².